The van der Waals surface area contributed by atoms with E-state index >= 15 is 0 Å². The molecule has 5 aliphatic rings. The van der Waals surface area contributed by atoms with Crippen LogP contribution >= 0.6 is 0 Å². The Hall–Kier alpha value is -1.00. The molecule has 5 rings (SSSR count). The summed E-state index contributed by atoms with van der Waals surface area (Å²) in [5.41, 5.74) is 0. The summed E-state index contributed by atoms with van der Waals surface area (Å²) in [5.74, 6) is 0. The van der Waals surface area contributed by atoms with Crippen molar-refractivity contribution in [1.29, 1.82) is 0 Å². The zero-order chi connectivity index (χ0) is 39.8. The van der Waals surface area contributed by atoms with Crippen LogP contribution < -0.4 is 0 Å². The third-order valence-corrected chi connectivity index (χ3v) is 9.90. The van der Waals surface area contributed by atoms with Gasteiger partial charge < -0.3 is 124 Å². The van der Waals surface area contributed by atoms with Gasteiger partial charge in [0.1, 0.15) is 116 Å². The lowest BCUT2D eigenvalue weighted by Gasteiger charge is -2.49. The number of ether oxygens (including phenoxy) is 9. The number of aliphatic hydroxyl groups excluding tert-OH is 16. The largest absolute Gasteiger partial charge is 0.394 e. The van der Waals surface area contributed by atoms with E-state index in [9.17, 15) is 81.7 Å². The van der Waals surface area contributed by atoms with Crippen LogP contribution in [0.5, 0.6) is 0 Å². The van der Waals surface area contributed by atoms with Gasteiger partial charge in [0.05, 0.1) is 33.0 Å². The first-order chi connectivity index (χ1) is 25.5. The molecule has 0 aromatic carbocycles. The first kappa shape index (κ1) is 44.1. The van der Waals surface area contributed by atoms with Crippen LogP contribution in [0, 0.1) is 0 Å². The lowest BCUT2D eigenvalue weighted by molar-refractivity contribution is -0.388. The minimum Gasteiger partial charge on any atom is -0.394 e. The van der Waals surface area contributed by atoms with Gasteiger partial charge in [-0.3, -0.25) is 0 Å². The predicted octanol–water partition coefficient (Wildman–Crippen LogP) is -11.3. The zero-order valence-corrected chi connectivity index (χ0v) is 28.2. The highest BCUT2D eigenvalue weighted by atomic mass is 16.8. The number of hydrogen-bond acceptors (Lipinski definition) is 25. The van der Waals surface area contributed by atoms with Gasteiger partial charge in [-0.25, -0.2) is 0 Å². The fraction of sp³-hybridized carbons (Fsp3) is 1.00. The van der Waals surface area contributed by atoms with Gasteiger partial charge in [0.2, 0.25) is 0 Å². The Kier molecular flexibility index (Phi) is 15.3. The van der Waals surface area contributed by atoms with Crippen LogP contribution in [0.1, 0.15) is 0 Å². The Labute approximate surface area is 305 Å². The van der Waals surface area contributed by atoms with E-state index in [1.807, 2.05) is 0 Å². The van der Waals surface area contributed by atoms with Gasteiger partial charge in [-0.2, -0.15) is 0 Å². The van der Waals surface area contributed by atoms with E-state index in [4.69, 9.17) is 42.6 Å². The predicted molar refractivity (Wildman–Crippen MR) is 161 cm³/mol. The van der Waals surface area contributed by atoms with Crippen molar-refractivity contribution in [2.75, 3.05) is 33.0 Å². The van der Waals surface area contributed by atoms with Crippen molar-refractivity contribution in [3.8, 4) is 0 Å². The molecule has 0 saturated carbocycles. The first-order valence-corrected chi connectivity index (χ1v) is 17.0. The van der Waals surface area contributed by atoms with Gasteiger partial charge in [0, 0.05) is 0 Å². The van der Waals surface area contributed by atoms with E-state index < -0.39 is 180 Å². The van der Waals surface area contributed by atoms with Gasteiger partial charge in [-0.1, -0.05) is 0 Å². The molecular formula is C29H50O25. The molecule has 25 heteroatoms. The van der Waals surface area contributed by atoms with Crippen LogP contribution in [-0.4, -0.2) is 262 Å². The maximum absolute atomic E-state index is 11.1. The quantitative estimate of drug-likeness (QED) is 0.0871. The third kappa shape index (κ3) is 9.00. The van der Waals surface area contributed by atoms with E-state index in [0.29, 0.717) is 0 Å². The van der Waals surface area contributed by atoms with Crippen molar-refractivity contribution in [2.24, 2.45) is 0 Å². The average molecular weight is 799 g/mol. The fourth-order valence-corrected chi connectivity index (χ4v) is 6.65. The average Bonchev–Trinajstić information content (AvgIpc) is 3.16. The maximum Gasteiger partial charge on any atom is 0.187 e. The minimum absolute atomic E-state index is 0.409. The summed E-state index contributed by atoms with van der Waals surface area (Å²) in [6.07, 6.45) is -42.9. The summed E-state index contributed by atoms with van der Waals surface area (Å²) in [7, 11) is 0. The van der Waals surface area contributed by atoms with E-state index in [0.717, 1.165) is 0 Å². The molecule has 24 atom stereocenters. The van der Waals surface area contributed by atoms with Crippen molar-refractivity contribution in [3.05, 3.63) is 0 Å². The molecule has 5 saturated heterocycles. The molecule has 0 bridgehead atoms. The molecule has 16 N–H and O–H groups in total. The standard InChI is InChI=1S/C29H50O25/c30-1-7-22(14(37)17(40)25(45)48-7)52-28-20(43)16(39)24(9(3-32)49-28)54-29-21(44)15(38)23(8(2-31)50-29)53-27-19(42)13(36)12(35)10(51-27)5-47-26-18(41)11(34)6(33)4-46-26/h6-45H,1-5H2/t6-,7-,8-,9-,10-,11+,12-,13+,14-,15-,16-,17-,18-,19-,20-,21-,22-,23-,24-,25-,26-,27+,28+,29+/m1/s1. The molecule has 0 aliphatic carbocycles. The molecule has 0 amide bonds. The molecule has 5 aliphatic heterocycles. The molecular weight excluding hydrogens is 748 g/mol. The van der Waals surface area contributed by atoms with E-state index in [2.05, 4.69) is 0 Å². The van der Waals surface area contributed by atoms with Crippen LogP contribution in [0.25, 0.3) is 0 Å². The van der Waals surface area contributed by atoms with E-state index in [1.54, 1.807) is 0 Å². The lowest BCUT2D eigenvalue weighted by Crippen LogP contribution is -2.67. The Balaban J connectivity index is 1.21. The molecule has 5 heterocycles. The topological polar surface area (TPSA) is 407 Å². The SMILES string of the molecule is OC[C@H]1O[C@@H](O)[C@H](O)[C@@H](O)[C@@H]1O[C@@H]1O[C@H](CO)[C@@H](O[C@@H]2O[C@H](CO)[C@@H](O[C@@H]3O[C@H](CO[C@H]4OC[C@@H](O)[C@H](O)[C@H]4O)[C@@H](O)[C@H](O)[C@H]3O)[C@H](O)[C@H]2O)[C@H](O)[C@H]1O. The highest BCUT2D eigenvalue weighted by molar-refractivity contribution is 4.98. The molecule has 0 aromatic heterocycles. The molecule has 316 valence electrons. The molecule has 5 fully saturated rings. The highest BCUT2D eigenvalue weighted by Crippen LogP contribution is 2.34. The van der Waals surface area contributed by atoms with Crippen LogP contribution in [0.4, 0.5) is 0 Å². The van der Waals surface area contributed by atoms with Crippen molar-refractivity contribution in [3.63, 3.8) is 0 Å². The summed E-state index contributed by atoms with van der Waals surface area (Å²) in [6, 6.07) is 0. The van der Waals surface area contributed by atoms with Crippen molar-refractivity contribution in [2.45, 2.75) is 147 Å². The minimum atomic E-state index is -2.09. The van der Waals surface area contributed by atoms with Crippen molar-refractivity contribution in [1.82, 2.24) is 0 Å². The first-order valence-electron chi connectivity index (χ1n) is 17.0. The van der Waals surface area contributed by atoms with E-state index in [1.165, 1.54) is 0 Å². The molecule has 0 radical (unpaired) electrons. The summed E-state index contributed by atoms with van der Waals surface area (Å²) in [6.45, 7) is -3.77. The second kappa shape index (κ2) is 18.7. The normalized spacial score (nSPS) is 53.3. The second-order valence-corrected chi connectivity index (χ2v) is 13.5. The zero-order valence-electron chi connectivity index (χ0n) is 28.2. The Bertz CT molecular complexity index is 1150. The summed E-state index contributed by atoms with van der Waals surface area (Å²) in [5, 5.41) is 165. The second-order valence-electron chi connectivity index (χ2n) is 13.5. The van der Waals surface area contributed by atoms with Gasteiger partial charge in [0.15, 0.2) is 31.5 Å². The summed E-state index contributed by atoms with van der Waals surface area (Å²) < 4.78 is 48.8. The van der Waals surface area contributed by atoms with Crippen molar-refractivity contribution >= 4 is 0 Å². The molecule has 0 unspecified atom stereocenters. The summed E-state index contributed by atoms with van der Waals surface area (Å²) >= 11 is 0. The lowest BCUT2D eigenvalue weighted by atomic mass is 9.95. The third-order valence-electron chi connectivity index (χ3n) is 9.90. The van der Waals surface area contributed by atoms with Gasteiger partial charge in [-0.15, -0.1) is 0 Å². The maximum atomic E-state index is 11.1. The van der Waals surface area contributed by atoms with Crippen molar-refractivity contribution < 1.29 is 124 Å². The highest BCUT2D eigenvalue weighted by Gasteiger charge is 2.55. The fourth-order valence-electron chi connectivity index (χ4n) is 6.65. The number of rotatable bonds is 12. The number of hydrogen-bond donors (Lipinski definition) is 16. The molecule has 25 nitrogen and oxygen atoms in total. The van der Waals surface area contributed by atoms with E-state index in [-0.39, 0.29) is 0 Å². The Morgan fingerprint density at radius 3 is 1.24 bits per heavy atom. The van der Waals surface area contributed by atoms with Gasteiger partial charge in [-0.05, 0) is 0 Å². The number of aliphatic hydroxyl groups is 16. The molecule has 0 aromatic rings. The van der Waals surface area contributed by atoms with Gasteiger partial charge >= 0.3 is 0 Å². The Morgan fingerprint density at radius 2 is 0.778 bits per heavy atom. The summed E-state index contributed by atoms with van der Waals surface area (Å²) in [4.78, 5) is 0. The molecule has 54 heavy (non-hydrogen) atoms. The smallest absolute Gasteiger partial charge is 0.187 e. The van der Waals surface area contributed by atoms with Crippen LogP contribution in [-0.2, 0) is 42.6 Å². The molecule has 0 spiro atoms. The monoisotopic (exact) mass is 798 g/mol. The van der Waals surface area contributed by atoms with Crippen LogP contribution in [0.2, 0.25) is 0 Å². The van der Waals surface area contributed by atoms with Gasteiger partial charge in [0.25, 0.3) is 0 Å². The van der Waals surface area contributed by atoms with Crippen LogP contribution in [0.15, 0.2) is 0 Å². The van der Waals surface area contributed by atoms with Crippen LogP contribution in [0.3, 0.4) is 0 Å². The Morgan fingerprint density at radius 1 is 0.389 bits per heavy atom.